The molecule has 3 rings (SSSR count). The first kappa shape index (κ1) is 14.1. The fourth-order valence-electron chi connectivity index (χ4n) is 2.34. The van der Waals surface area contributed by atoms with Crippen LogP contribution in [-0.2, 0) is 0 Å². The van der Waals surface area contributed by atoms with Crippen molar-refractivity contribution in [2.24, 2.45) is 0 Å². The summed E-state index contributed by atoms with van der Waals surface area (Å²) in [6.45, 7) is 0. The number of pyridine rings is 1. The molecule has 5 heteroatoms. The maximum atomic E-state index is 14.0. The van der Waals surface area contributed by atoms with Gasteiger partial charge in [0.1, 0.15) is 17.7 Å². The van der Waals surface area contributed by atoms with Gasteiger partial charge < -0.3 is 5.11 Å². The Morgan fingerprint density at radius 1 is 1.05 bits per heavy atom. The van der Waals surface area contributed by atoms with Gasteiger partial charge in [-0.3, -0.25) is 4.98 Å². The molecule has 0 bridgehead atoms. The van der Waals surface area contributed by atoms with Crippen molar-refractivity contribution in [1.82, 2.24) is 4.98 Å². The predicted octanol–water partition coefficient (Wildman–Crippen LogP) is 4.36. The lowest BCUT2D eigenvalue weighted by atomic mass is 9.97. The molecule has 1 heterocycles. The quantitative estimate of drug-likeness (QED) is 0.745. The van der Waals surface area contributed by atoms with Crippen LogP contribution in [0.3, 0.4) is 0 Å². The van der Waals surface area contributed by atoms with Crippen molar-refractivity contribution in [3.05, 3.63) is 75.9 Å². The molecule has 1 aromatic heterocycles. The molecule has 2 aromatic carbocycles. The number of hydrogen-bond donors (Lipinski definition) is 1. The van der Waals surface area contributed by atoms with Crippen molar-refractivity contribution in [2.75, 3.05) is 0 Å². The normalized spacial score (nSPS) is 12.6. The van der Waals surface area contributed by atoms with E-state index in [1.54, 1.807) is 36.5 Å². The number of rotatable bonds is 2. The molecule has 0 aliphatic rings. The third-order valence-electron chi connectivity index (χ3n) is 3.29. The first-order chi connectivity index (χ1) is 10.1. The summed E-state index contributed by atoms with van der Waals surface area (Å²) in [6, 6.07) is 10.8. The zero-order valence-corrected chi connectivity index (χ0v) is 12.3. The summed E-state index contributed by atoms with van der Waals surface area (Å²) in [7, 11) is 0. The van der Waals surface area contributed by atoms with Crippen LogP contribution in [0, 0.1) is 11.6 Å². The lowest BCUT2D eigenvalue weighted by molar-refractivity contribution is 0.210. The number of nitrogens with zero attached hydrogens (tertiary/aromatic N) is 1. The standard InChI is InChI=1S/C16H10BrF2NO/c17-9-7-12(18)15(13(19)8-9)16(21)11-3-1-5-14-10(11)4-2-6-20-14/h1-8,16,21H. The zero-order valence-electron chi connectivity index (χ0n) is 10.7. The fourth-order valence-corrected chi connectivity index (χ4v) is 2.74. The molecule has 0 saturated heterocycles. The van der Waals surface area contributed by atoms with Crippen molar-refractivity contribution in [2.45, 2.75) is 6.10 Å². The van der Waals surface area contributed by atoms with Crippen LogP contribution in [0.25, 0.3) is 10.9 Å². The van der Waals surface area contributed by atoms with E-state index in [-0.39, 0.29) is 10.0 Å². The number of aliphatic hydroxyl groups excluding tert-OH is 1. The molecule has 3 aromatic rings. The summed E-state index contributed by atoms with van der Waals surface area (Å²) in [4.78, 5) is 4.17. The molecule has 0 spiro atoms. The Morgan fingerprint density at radius 2 is 1.76 bits per heavy atom. The Hall–Kier alpha value is -1.85. The van der Waals surface area contributed by atoms with Crippen molar-refractivity contribution in [3.63, 3.8) is 0 Å². The summed E-state index contributed by atoms with van der Waals surface area (Å²) < 4.78 is 28.3. The van der Waals surface area contributed by atoms with Crippen LogP contribution in [0.1, 0.15) is 17.2 Å². The maximum absolute atomic E-state index is 14.0. The van der Waals surface area contributed by atoms with E-state index in [0.29, 0.717) is 16.5 Å². The highest BCUT2D eigenvalue weighted by Gasteiger charge is 2.22. The van der Waals surface area contributed by atoms with E-state index < -0.39 is 17.7 Å². The van der Waals surface area contributed by atoms with Crippen molar-refractivity contribution in [1.29, 1.82) is 0 Å². The first-order valence-corrected chi connectivity index (χ1v) is 7.03. The minimum atomic E-state index is -1.40. The lowest BCUT2D eigenvalue weighted by Crippen LogP contribution is -2.06. The van der Waals surface area contributed by atoms with Crippen molar-refractivity contribution in [3.8, 4) is 0 Å². The summed E-state index contributed by atoms with van der Waals surface area (Å²) in [5.41, 5.74) is 0.710. The van der Waals surface area contributed by atoms with Crippen LogP contribution >= 0.6 is 15.9 Å². The third-order valence-corrected chi connectivity index (χ3v) is 3.75. The van der Waals surface area contributed by atoms with Gasteiger partial charge in [0.15, 0.2) is 0 Å². The van der Waals surface area contributed by atoms with Crippen molar-refractivity contribution >= 4 is 26.8 Å². The molecule has 1 unspecified atom stereocenters. The van der Waals surface area contributed by atoms with Crippen LogP contribution in [0.4, 0.5) is 8.78 Å². The van der Waals surface area contributed by atoms with Crippen molar-refractivity contribution < 1.29 is 13.9 Å². The molecule has 0 saturated carbocycles. The van der Waals surface area contributed by atoms with E-state index in [4.69, 9.17) is 0 Å². The highest BCUT2D eigenvalue weighted by atomic mass is 79.9. The Balaban J connectivity index is 2.20. The van der Waals surface area contributed by atoms with E-state index in [2.05, 4.69) is 20.9 Å². The van der Waals surface area contributed by atoms with E-state index in [0.717, 1.165) is 12.1 Å². The van der Waals surface area contributed by atoms with E-state index in [1.807, 2.05) is 0 Å². The average molecular weight is 350 g/mol. The van der Waals surface area contributed by atoms with Crippen LogP contribution in [0.15, 0.2) is 53.1 Å². The first-order valence-electron chi connectivity index (χ1n) is 6.24. The highest BCUT2D eigenvalue weighted by Crippen LogP contribution is 2.32. The molecule has 0 aliphatic heterocycles. The predicted molar refractivity (Wildman–Crippen MR) is 79.9 cm³/mol. The molecule has 1 atom stereocenters. The second kappa shape index (κ2) is 5.50. The van der Waals surface area contributed by atoms with Gasteiger partial charge in [0, 0.05) is 16.1 Å². The number of hydrogen-bond acceptors (Lipinski definition) is 2. The lowest BCUT2D eigenvalue weighted by Gasteiger charge is -2.15. The molecular formula is C16H10BrF2NO. The Labute approximate surface area is 128 Å². The number of benzene rings is 2. The zero-order chi connectivity index (χ0) is 15.0. The van der Waals surface area contributed by atoms with E-state index in [9.17, 15) is 13.9 Å². The largest absolute Gasteiger partial charge is 0.383 e. The SMILES string of the molecule is OC(c1c(F)cc(Br)cc1F)c1cccc2ncccc12. The molecule has 0 radical (unpaired) electrons. The number of fused-ring (bicyclic) bond motifs is 1. The molecular weight excluding hydrogens is 340 g/mol. The fraction of sp³-hybridized carbons (Fsp3) is 0.0625. The average Bonchev–Trinajstić information content (AvgIpc) is 2.45. The Kier molecular flexibility index (Phi) is 3.69. The van der Waals surface area contributed by atoms with E-state index >= 15 is 0 Å². The molecule has 21 heavy (non-hydrogen) atoms. The molecule has 0 fully saturated rings. The monoisotopic (exact) mass is 349 g/mol. The molecule has 0 amide bonds. The molecule has 1 N–H and O–H groups in total. The Bertz CT molecular complexity index is 794. The van der Waals surface area contributed by atoms with Crippen LogP contribution in [-0.4, -0.2) is 10.1 Å². The van der Waals surface area contributed by atoms with Gasteiger partial charge in [-0.05, 0) is 29.8 Å². The second-order valence-corrected chi connectivity index (χ2v) is 5.52. The number of aliphatic hydroxyl groups is 1. The minimum absolute atomic E-state index is 0.285. The van der Waals surface area contributed by atoms with Gasteiger partial charge in [0.25, 0.3) is 0 Å². The van der Waals surface area contributed by atoms with Gasteiger partial charge in [-0.25, -0.2) is 8.78 Å². The van der Waals surface area contributed by atoms with Crippen LogP contribution < -0.4 is 0 Å². The summed E-state index contributed by atoms with van der Waals surface area (Å²) in [6.07, 6.45) is 0.227. The van der Waals surface area contributed by atoms with Gasteiger partial charge in [-0.15, -0.1) is 0 Å². The van der Waals surface area contributed by atoms with Gasteiger partial charge >= 0.3 is 0 Å². The van der Waals surface area contributed by atoms with Crippen LogP contribution in [0.5, 0.6) is 0 Å². The van der Waals surface area contributed by atoms with E-state index in [1.165, 1.54) is 0 Å². The summed E-state index contributed by atoms with van der Waals surface area (Å²) >= 11 is 3.02. The third kappa shape index (κ3) is 2.54. The topological polar surface area (TPSA) is 33.1 Å². The second-order valence-electron chi connectivity index (χ2n) is 4.60. The highest BCUT2D eigenvalue weighted by molar-refractivity contribution is 9.10. The maximum Gasteiger partial charge on any atom is 0.133 e. The molecule has 0 aliphatic carbocycles. The number of halogens is 3. The van der Waals surface area contributed by atoms with Gasteiger partial charge in [0.05, 0.1) is 11.1 Å². The van der Waals surface area contributed by atoms with Gasteiger partial charge in [-0.2, -0.15) is 0 Å². The number of aromatic nitrogens is 1. The summed E-state index contributed by atoms with van der Waals surface area (Å²) in [5, 5.41) is 11.1. The van der Waals surface area contributed by atoms with Crippen LogP contribution in [0.2, 0.25) is 0 Å². The minimum Gasteiger partial charge on any atom is -0.383 e. The Morgan fingerprint density at radius 3 is 2.48 bits per heavy atom. The van der Waals surface area contributed by atoms with Gasteiger partial charge in [-0.1, -0.05) is 34.1 Å². The molecule has 2 nitrogen and oxygen atoms in total. The summed E-state index contributed by atoms with van der Waals surface area (Å²) in [5.74, 6) is -1.59. The van der Waals surface area contributed by atoms with Gasteiger partial charge in [0.2, 0.25) is 0 Å². The molecule has 106 valence electrons. The smallest absolute Gasteiger partial charge is 0.133 e.